The first-order valence-electron chi connectivity index (χ1n) is 7.93. The van der Waals surface area contributed by atoms with Crippen LogP contribution in [0.15, 0.2) is 72.8 Å². The molecule has 26 heavy (non-hydrogen) atoms. The van der Waals surface area contributed by atoms with Gasteiger partial charge in [0.25, 0.3) is 0 Å². The van der Waals surface area contributed by atoms with Gasteiger partial charge in [-0.3, -0.25) is 19.2 Å². The summed E-state index contributed by atoms with van der Waals surface area (Å²) in [5.41, 5.74) is 3.70. The second-order valence-corrected chi connectivity index (χ2v) is 5.67. The lowest BCUT2D eigenvalue weighted by molar-refractivity contribution is -0.105. The van der Waals surface area contributed by atoms with Crippen molar-refractivity contribution < 1.29 is 19.2 Å². The molecule has 0 N–H and O–H groups in total. The van der Waals surface area contributed by atoms with Crippen LogP contribution in [0.25, 0.3) is 22.3 Å². The first-order valence-corrected chi connectivity index (χ1v) is 7.93. The molecule has 3 aromatic rings. The highest BCUT2D eigenvalue weighted by atomic mass is 16.2. The average Bonchev–Trinajstić information content (AvgIpc) is 2.73. The molecule has 4 heteroatoms. The lowest BCUT2D eigenvalue weighted by Crippen LogP contribution is -2.03. The van der Waals surface area contributed by atoms with Gasteiger partial charge in [-0.25, -0.2) is 0 Å². The van der Waals surface area contributed by atoms with Crippen LogP contribution >= 0.6 is 0 Å². The third-order valence-electron chi connectivity index (χ3n) is 4.09. The molecule has 0 radical (unpaired) electrons. The molecule has 0 aliphatic heterocycles. The Morgan fingerprint density at radius 2 is 1.23 bits per heavy atom. The van der Waals surface area contributed by atoms with Gasteiger partial charge in [0.05, 0.1) is 0 Å². The maximum absolute atomic E-state index is 12.0. The number of Topliss-reactive ketones (excluding diaryl/α,β-unsaturated/α-hetero) is 2. The Bertz CT molecular complexity index is 986. The summed E-state index contributed by atoms with van der Waals surface area (Å²) in [6, 6.07) is 21.3. The van der Waals surface area contributed by atoms with Gasteiger partial charge in [-0.15, -0.1) is 0 Å². The SMILES string of the molecule is O=CC(=O)c1ccc(-c2cc(-c3ccccc3)ccc2C(=O)C=O)cc1. The van der Waals surface area contributed by atoms with E-state index in [-0.39, 0.29) is 23.7 Å². The van der Waals surface area contributed by atoms with Crippen molar-refractivity contribution in [2.24, 2.45) is 0 Å². The molecule has 0 spiro atoms. The van der Waals surface area contributed by atoms with Crippen molar-refractivity contribution in [3.8, 4) is 22.3 Å². The van der Waals surface area contributed by atoms with Gasteiger partial charge in [0, 0.05) is 11.1 Å². The van der Waals surface area contributed by atoms with E-state index in [1.165, 1.54) is 12.1 Å². The van der Waals surface area contributed by atoms with Gasteiger partial charge < -0.3 is 0 Å². The predicted octanol–water partition coefficient (Wildman–Crippen LogP) is 3.78. The molecule has 0 unspecified atom stereocenters. The molecule has 0 bridgehead atoms. The lowest BCUT2D eigenvalue weighted by atomic mass is 9.92. The van der Waals surface area contributed by atoms with E-state index < -0.39 is 11.6 Å². The Kier molecular flexibility index (Phi) is 4.94. The van der Waals surface area contributed by atoms with E-state index in [1.807, 2.05) is 36.4 Å². The number of ketones is 2. The Labute approximate surface area is 150 Å². The van der Waals surface area contributed by atoms with Gasteiger partial charge >= 0.3 is 0 Å². The van der Waals surface area contributed by atoms with Crippen molar-refractivity contribution in [2.75, 3.05) is 0 Å². The summed E-state index contributed by atoms with van der Waals surface area (Å²) in [6.45, 7) is 0. The molecule has 0 aromatic heterocycles. The van der Waals surface area contributed by atoms with Crippen LogP contribution in [0.3, 0.4) is 0 Å². The van der Waals surface area contributed by atoms with E-state index in [4.69, 9.17) is 0 Å². The van der Waals surface area contributed by atoms with E-state index in [0.717, 1.165) is 11.1 Å². The van der Waals surface area contributed by atoms with Gasteiger partial charge in [0.15, 0.2) is 12.6 Å². The molecular formula is C22H14O4. The molecule has 0 aliphatic rings. The minimum atomic E-state index is -0.618. The second kappa shape index (κ2) is 7.49. The number of hydrogen-bond donors (Lipinski definition) is 0. The van der Waals surface area contributed by atoms with E-state index in [9.17, 15) is 19.2 Å². The highest BCUT2D eigenvalue weighted by Gasteiger charge is 2.14. The molecule has 0 saturated heterocycles. The van der Waals surface area contributed by atoms with Gasteiger partial charge in [-0.05, 0) is 34.4 Å². The number of carbonyl (C=O) groups excluding carboxylic acids is 4. The summed E-state index contributed by atoms with van der Waals surface area (Å²) in [7, 11) is 0. The van der Waals surface area contributed by atoms with Crippen LogP contribution < -0.4 is 0 Å². The zero-order valence-corrected chi connectivity index (χ0v) is 13.7. The van der Waals surface area contributed by atoms with Gasteiger partial charge in [0.2, 0.25) is 11.6 Å². The molecule has 0 aliphatic carbocycles. The smallest absolute Gasteiger partial charge is 0.225 e. The minimum Gasteiger partial charge on any atom is -0.294 e. The number of carbonyl (C=O) groups is 4. The van der Waals surface area contributed by atoms with E-state index >= 15 is 0 Å². The Hall–Kier alpha value is -3.66. The second-order valence-electron chi connectivity index (χ2n) is 5.67. The summed E-state index contributed by atoms with van der Waals surface area (Å²) >= 11 is 0. The zero-order valence-electron chi connectivity index (χ0n) is 13.7. The molecule has 0 fully saturated rings. The molecule has 0 heterocycles. The molecule has 4 nitrogen and oxygen atoms in total. The monoisotopic (exact) mass is 342 g/mol. The van der Waals surface area contributed by atoms with Crippen LogP contribution in [-0.4, -0.2) is 24.1 Å². The summed E-state index contributed by atoms with van der Waals surface area (Å²) in [4.78, 5) is 45.1. The summed E-state index contributed by atoms with van der Waals surface area (Å²) < 4.78 is 0. The Morgan fingerprint density at radius 3 is 1.85 bits per heavy atom. The molecular weight excluding hydrogens is 328 g/mol. The van der Waals surface area contributed by atoms with E-state index in [2.05, 4.69) is 0 Å². The highest BCUT2D eigenvalue weighted by molar-refractivity contribution is 6.35. The average molecular weight is 342 g/mol. The van der Waals surface area contributed by atoms with Crippen LogP contribution in [0.1, 0.15) is 20.7 Å². The summed E-state index contributed by atoms with van der Waals surface area (Å²) in [5, 5.41) is 0. The topological polar surface area (TPSA) is 68.3 Å². The number of aldehydes is 2. The molecule has 3 aromatic carbocycles. The maximum Gasteiger partial charge on any atom is 0.225 e. The molecule has 0 amide bonds. The first kappa shape index (κ1) is 17.2. The van der Waals surface area contributed by atoms with Crippen molar-refractivity contribution >= 4 is 24.1 Å². The van der Waals surface area contributed by atoms with Gasteiger partial charge in [-0.1, -0.05) is 60.7 Å². The first-order chi connectivity index (χ1) is 12.6. The van der Waals surface area contributed by atoms with Crippen LogP contribution in [0.4, 0.5) is 0 Å². The predicted molar refractivity (Wildman–Crippen MR) is 98.1 cm³/mol. The lowest BCUT2D eigenvalue weighted by Gasteiger charge is -2.11. The van der Waals surface area contributed by atoms with Crippen molar-refractivity contribution in [1.29, 1.82) is 0 Å². The highest BCUT2D eigenvalue weighted by Crippen LogP contribution is 2.30. The number of benzene rings is 3. The fraction of sp³-hybridized carbons (Fsp3) is 0. The molecule has 126 valence electrons. The van der Waals surface area contributed by atoms with Crippen molar-refractivity contribution in [3.63, 3.8) is 0 Å². The van der Waals surface area contributed by atoms with E-state index in [0.29, 0.717) is 11.1 Å². The number of rotatable bonds is 6. The quantitative estimate of drug-likeness (QED) is 0.388. The van der Waals surface area contributed by atoms with Gasteiger partial charge in [-0.2, -0.15) is 0 Å². The minimum absolute atomic E-state index is 0.256. The third kappa shape index (κ3) is 3.39. The standard InChI is InChI=1S/C22H14O4/c23-13-21(25)17-8-6-16(7-9-17)20-12-18(15-4-2-1-3-5-15)10-11-19(20)22(26)14-24/h1-14H. The molecule has 0 atom stereocenters. The normalized spacial score (nSPS) is 10.2. The van der Waals surface area contributed by atoms with Crippen molar-refractivity contribution in [1.82, 2.24) is 0 Å². The summed E-state index contributed by atoms with van der Waals surface area (Å²) in [6.07, 6.45) is 0.539. The largest absolute Gasteiger partial charge is 0.294 e. The maximum atomic E-state index is 12.0. The van der Waals surface area contributed by atoms with Crippen LogP contribution in [-0.2, 0) is 9.59 Å². The fourth-order valence-electron chi connectivity index (χ4n) is 2.75. The molecule has 3 rings (SSSR count). The van der Waals surface area contributed by atoms with E-state index in [1.54, 1.807) is 24.3 Å². The zero-order chi connectivity index (χ0) is 18.5. The third-order valence-corrected chi connectivity index (χ3v) is 4.09. The summed E-state index contributed by atoms with van der Waals surface area (Å²) in [5.74, 6) is -1.23. The Balaban J connectivity index is 2.13. The Morgan fingerprint density at radius 1 is 0.615 bits per heavy atom. The van der Waals surface area contributed by atoms with Crippen molar-refractivity contribution in [3.05, 3.63) is 83.9 Å². The van der Waals surface area contributed by atoms with Crippen LogP contribution in [0, 0.1) is 0 Å². The molecule has 0 saturated carbocycles. The fourth-order valence-corrected chi connectivity index (χ4v) is 2.75. The van der Waals surface area contributed by atoms with Gasteiger partial charge in [0.1, 0.15) is 0 Å². The van der Waals surface area contributed by atoms with Crippen molar-refractivity contribution in [2.45, 2.75) is 0 Å². The van der Waals surface area contributed by atoms with Crippen LogP contribution in [0.2, 0.25) is 0 Å². The van der Waals surface area contributed by atoms with Crippen LogP contribution in [0.5, 0.6) is 0 Å². The number of hydrogen-bond acceptors (Lipinski definition) is 4.